The molecule has 2 nitrogen and oxygen atoms in total. The molecule has 0 heterocycles. The molecule has 0 radical (unpaired) electrons. The summed E-state index contributed by atoms with van der Waals surface area (Å²) in [5.41, 5.74) is 17.4. The molecule has 9 aromatic carbocycles. The van der Waals surface area contributed by atoms with Crippen molar-refractivity contribution in [1.29, 1.82) is 0 Å². The molecule has 9 rings (SSSR count). The lowest BCUT2D eigenvalue weighted by molar-refractivity contribution is 0.411. The van der Waals surface area contributed by atoms with Gasteiger partial charge < -0.3 is 9.80 Å². The molecule has 0 atom stereocenters. The second-order valence-corrected chi connectivity index (χ2v) is 20.5. The standard InChI is InChI=1S/C64H64N2/c1-9-45-27-31-51(32-28-45)65(53-25-17-19-47(39-53)43-63(3,4)5)55-35-37-57-59(41-55)61(49-21-13-11-14-22-49)58-38-36-56(42-60(58)62(57)50-23-15-12-16-24-50)66(52-33-29-46(10-2)30-34-52)54-26-18-20-48(40-54)44-64(6,7)8/h11-42H,9-10,43-44H2,1-8H3. The highest BCUT2D eigenvalue weighted by Crippen LogP contribution is 2.48. The first-order valence-electron chi connectivity index (χ1n) is 24.0. The van der Waals surface area contributed by atoms with Gasteiger partial charge >= 0.3 is 0 Å². The van der Waals surface area contributed by atoms with Gasteiger partial charge in [-0.25, -0.2) is 0 Å². The number of anilines is 6. The summed E-state index contributed by atoms with van der Waals surface area (Å²) in [6, 6.07) is 72.9. The van der Waals surface area contributed by atoms with Gasteiger partial charge in [0.2, 0.25) is 0 Å². The fraction of sp³-hybridized carbons (Fsp3) is 0.219. The second kappa shape index (κ2) is 18.5. The number of rotatable bonds is 12. The SMILES string of the molecule is CCc1ccc(N(c2cccc(CC(C)(C)C)c2)c2ccc3c(-c4ccccc4)c4cc(N(c5ccc(CC)cc5)c5cccc(CC(C)(C)C)c5)ccc4c(-c4ccccc4)c3c2)cc1. The van der Waals surface area contributed by atoms with Crippen molar-refractivity contribution >= 4 is 55.7 Å². The van der Waals surface area contributed by atoms with E-state index in [1.165, 1.54) is 66.1 Å². The number of hydrogen-bond donors (Lipinski definition) is 0. The van der Waals surface area contributed by atoms with Crippen molar-refractivity contribution in [3.8, 4) is 22.3 Å². The molecule has 0 saturated carbocycles. The van der Waals surface area contributed by atoms with Crippen molar-refractivity contribution in [3.05, 3.63) is 216 Å². The second-order valence-electron chi connectivity index (χ2n) is 20.5. The Morgan fingerprint density at radius 2 is 0.652 bits per heavy atom. The third kappa shape index (κ3) is 9.56. The predicted octanol–water partition coefficient (Wildman–Crippen LogP) is 18.6. The zero-order chi connectivity index (χ0) is 46.0. The molecule has 0 aromatic heterocycles. The molecule has 0 bridgehead atoms. The molecule has 0 aliphatic heterocycles. The normalized spacial score (nSPS) is 11.9. The summed E-state index contributed by atoms with van der Waals surface area (Å²) < 4.78 is 0. The molecule has 0 aliphatic carbocycles. The molecule has 0 aliphatic rings. The highest BCUT2D eigenvalue weighted by atomic mass is 15.1. The van der Waals surface area contributed by atoms with Crippen LogP contribution in [0.4, 0.5) is 34.1 Å². The van der Waals surface area contributed by atoms with Crippen molar-refractivity contribution in [1.82, 2.24) is 0 Å². The Balaban J connectivity index is 1.33. The van der Waals surface area contributed by atoms with E-state index in [9.17, 15) is 0 Å². The maximum absolute atomic E-state index is 2.45. The Hall–Kier alpha value is -6.90. The Morgan fingerprint density at radius 3 is 1.00 bits per heavy atom. The first-order chi connectivity index (χ1) is 31.9. The van der Waals surface area contributed by atoms with E-state index in [-0.39, 0.29) is 10.8 Å². The zero-order valence-corrected chi connectivity index (χ0v) is 40.2. The van der Waals surface area contributed by atoms with Crippen LogP contribution < -0.4 is 9.80 Å². The fourth-order valence-corrected chi connectivity index (χ4v) is 9.81. The summed E-state index contributed by atoms with van der Waals surface area (Å²) in [5.74, 6) is 0. The lowest BCUT2D eigenvalue weighted by Gasteiger charge is -2.29. The van der Waals surface area contributed by atoms with Gasteiger partial charge in [-0.15, -0.1) is 0 Å². The van der Waals surface area contributed by atoms with Crippen LogP contribution in [0, 0.1) is 10.8 Å². The number of nitrogens with zero attached hydrogens (tertiary/aromatic N) is 2. The average molecular weight is 861 g/mol. The summed E-state index contributed by atoms with van der Waals surface area (Å²) in [4.78, 5) is 4.90. The van der Waals surface area contributed by atoms with Crippen molar-refractivity contribution in [2.75, 3.05) is 9.80 Å². The van der Waals surface area contributed by atoms with Gasteiger partial charge in [-0.2, -0.15) is 0 Å². The largest absolute Gasteiger partial charge is 0.310 e. The van der Waals surface area contributed by atoms with E-state index in [2.05, 4.69) is 259 Å². The highest BCUT2D eigenvalue weighted by Gasteiger charge is 2.23. The third-order valence-electron chi connectivity index (χ3n) is 12.7. The number of fused-ring (bicyclic) bond motifs is 2. The average Bonchev–Trinajstić information content (AvgIpc) is 3.31. The first kappa shape index (κ1) is 44.3. The maximum atomic E-state index is 2.45. The molecule has 0 spiro atoms. The van der Waals surface area contributed by atoms with Crippen LogP contribution in [0.15, 0.2) is 194 Å². The number of aryl methyl sites for hydroxylation is 2. The molecular formula is C64H64N2. The summed E-state index contributed by atoms with van der Waals surface area (Å²) >= 11 is 0. The molecule has 2 heteroatoms. The minimum absolute atomic E-state index is 0.168. The van der Waals surface area contributed by atoms with Crippen molar-refractivity contribution in [2.24, 2.45) is 10.8 Å². The maximum Gasteiger partial charge on any atom is 0.0468 e. The number of benzene rings is 9. The Kier molecular flexibility index (Phi) is 12.4. The molecule has 0 unspecified atom stereocenters. The summed E-state index contributed by atoms with van der Waals surface area (Å²) in [7, 11) is 0. The highest BCUT2D eigenvalue weighted by molar-refractivity contribution is 6.22. The van der Waals surface area contributed by atoms with Crippen LogP contribution in [0.25, 0.3) is 43.8 Å². The van der Waals surface area contributed by atoms with E-state index in [1.54, 1.807) is 0 Å². The van der Waals surface area contributed by atoms with Crippen LogP contribution >= 0.6 is 0 Å². The Morgan fingerprint density at radius 1 is 0.303 bits per heavy atom. The van der Waals surface area contributed by atoms with E-state index in [4.69, 9.17) is 0 Å². The Labute approximate surface area is 394 Å². The van der Waals surface area contributed by atoms with Crippen LogP contribution in [0.5, 0.6) is 0 Å². The molecule has 0 amide bonds. The molecule has 66 heavy (non-hydrogen) atoms. The van der Waals surface area contributed by atoms with Crippen molar-refractivity contribution < 1.29 is 0 Å². The molecule has 9 aromatic rings. The zero-order valence-electron chi connectivity index (χ0n) is 40.2. The van der Waals surface area contributed by atoms with E-state index in [1.807, 2.05) is 0 Å². The van der Waals surface area contributed by atoms with Gasteiger partial charge in [0.15, 0.2) is 0 Å². The molecule has 0 fully saturated rings. The third-order valence-corrected chi connectivity index (χ3v) is 12.7. The van der Waals surface area contributed by atoms with Crippen molar-refractivity contribution in [2.45, 2.75) is 81.1 Å². The van der Waals surface area contributed by atoms with Gasteiger partial charge in [-0.1, -0.05) is 177 Å². The summed E-state index contributed by atoms with van der Waals surface area (Å²) in [6.45, 7) is 18.4. The van der Waals surface area contributed by atoms with E-state index >= 15 is 0 Å². The van der Waals surface area contributed by atoms with Gasteiger partial charge in [0.25, 0.3) is 0 Å². The monoisotopic (exact) mass is 861 g/mol. The fourth-order valence-electron chi connectivity index (χ4n) is 9.81. The minimum Gasteiger partial charge on any atom is -0.310 e. The molecular weight excluding hydrogens is 797 g/mol. The first-order valence-corrected chi connectivity index (χ1v) is 24.0. The smallest absolute Gasteiger partial charge is 0.0468 e. The predicted molar refractivity (Wildman–Crippen MR) is 287 cm³/mol. The topological polar surface area (TPSA) is 6.48 Å². The van der Waals surface area contributed by atoms with Gasteiger partial charge in [0.05, 0.1) is 0 Å². The minimum atomic E-state index is 0.168. The lowest BCUT2D eigenvalue weighted by Crippen LogP contribution is -2.13. The van der Waals surface area contributed by atoms with Crippen LogP contribution in [0.2, 0.25) is 0 Å². The van der Waals surface area contributed by atoms with Crippen LogP contribution in [0.1, 0.15) is 77.6 Å². The Bertz CT molecular complexity index is 2880. The van der Waals surface area contributed by atoms with Crippen LogP contribution in [-0.2, 0) is 25.7 Å². The van der Waals surface area contributed by atoms with Gasteiger partial charge in [-0.05, 0) is 175 Å². The lowest BCUT2D eigenvalue weighted by atomic mass is 9.85. The number of hydrogen-bond acceptors (Lipinski definition) is 2. The summed E-state index contributed by atoms with van der Waals surface area (Å²) in [5, 5.41) is 4.89. The molecule has 0 N–H and O–H groups in total. The van der Waals surface area contributed by atoms with E-state index < -0.39 is 0 Å². The van der Waals surface area contributed by atoms with Crippen molar-refractivity contribution in [3.63, 3.8) is 0 Å². The van der Waals surface area contributed by atoms with Gasteiger partial charge in [-0.3, -0.25) is 0 Å². The van der Waals surface area contributed by atoms with Crippen LogP contribution in [0.3, 0.4) is 0 Å². The quantitative estimate of drug-likeness (QED) is 0.113. The van der Waals surface area contributed by atoms with Gasteiger partial charge in [0.1, 0.15) is 0 Å². The van der Waals surface area contributed by atoms with E-state index in [0.717, 1.165) is 59.8 Å². The van der Waals surface area contributed by atoms with E-state index in [0.29, 0.717) is 0 Å². The van der Waals surface area contributed by atoms with Crippen LogP contribution in [-0.4, -0.2) is 0 Å². The molecule has 330 valence electrons. The van der Waals surface area contributed by atoms with Gasteiger partial charge in [0, 0.05) is 34.1 Å². The summed E-state index contributed by atoms with van der Waals surface area (Å²) in [6.07, 6.45) is 4.00. The molecule has 0 saturated heterocycles.